The van der Waals surface area contributed by atoms with Crippen molar-refractivity contribution in [3.8, 4) is 0 Å². The largest absolute Gasteiger partial charge is 0.392 e. The highest BCUT2D eigenvalue weighted by Crippen LogP contribution is 2.16. The van der Waals surface area contributed by atoms with Crippen LogP contribution in [0.5, 0.6) is 0 Å². The van der Waals surface area contributed by atoms with Gasteiger partial charge in [0.05, 0.1) is 19.3 Å². The normalized spacial score (nSPS) is 11.2. The highest BCUT2D eigenvalue weighted by Gasteiger charge is 2.15. The Morgan fingerprint density at radius 1 is 1.10 bits per heavy atom. The van der Waals surface area contributed by atoms with Crippen LogP contribution in [-0.2, 0) is 22.6 Å². The van der Waals surface area contributed by atoms with Crippen LogP contribution in [-0.4, -0.2) is 33.3 Å². The number of benzene rings is 1. The van der Waals surface area contributed by atoms with Crippen LogP contribution in [0.3, 0.4) is 0 Å². The lowest BCUT2D eigenvalue weighted by Gasteiger charge is -2.13. The van der Waals surface area contributed by atoms with Gasteiger partial charge in [0.15, 0.2) is 0 Å². The molecule has 114 valence electrons. The number of ether oxygens (including phenoxy) is 2. The third kappa shape index (κ3) is 4.35. The molecular formula is C15H21N3O3. The van der Waals surface area contributed by atoms with E-state index in [9.17, 15) is 0 Å². The minimum absolute atomic E-state index is 0.0537. The molecule has 0 saturated heterocycles. The van der Waals surface area contributed by atoms with Crippen molar-refractivity contribution in [1.82, 2.24) is 15.0 Å². The van der Waals surface area contributed by atoms with Crippen LogP contribution in [0, 0.1) is 0 Å². The van der Waals surface area contributed by atoms with Gasteiger partial charge in [0.25, 0.3) is 0 Å². The molecule has 0 aliphatic heterocycles. The van der Waals surface area contributed by atoms with Crippen molar-refractivity contribution in [2.75, 3.05) is 13.2 Å². The molecule has 0 aliphatic carbocycles. The molecular weight excluding hydrogens is 270 g/mol. The van der Waals surface area contributed by atoms with E-state index < -0.39 is 6.29 Å². The standard InChI is InChI=1S/C15H21N3O3/c1-3-20-15(21-4-2)14-10-18(17-16-14)9-12-5-7-13(11-19)8-6-12/h5-8,10,15,19H,3-4,9,11H2,1-2H3. The van der Waals surface area contributed by atoms with Gasteiger partial charge in [0.2, 0.25) is 6.29 Å². The number of aromatic nitrogens is 3. The highest BCUT2D eigenvalue weighted by molar-refractivity contribution is 5.22. The summed E-state index contributed by atoms with van der Waals surface area (Å²) in [5, 5.41) is 17.2. The number of hydrogen-bond acceptors (Lipinski definition) is 5. The van der Waals surface area contributed by atoms with Crippen molar-refractivity contribution in [3.05, 3.63) is 47.3 Å². The summed E-state index contributed by atoms with van der Waals surface area (Å²) in [7, 11) is 0. The Morgan fingerprint density at radius 3 is 2.29 bits per heavy atom. The fraction of sp³-hybridized carbons (Fsp3) is 0.467. The summed E-state index contributed by atoms with van der Waals surface area (Å²) < 4.78 is 12.7. The number of rotatable bonds is 8. The van der Waals surface area contributed by atoms with Gasteiger partial charge >= 0.3 is 0 Å². The van der Waals surface area contributed by atoms with Gasteiger partial charge in [-0.25, -0.2) is 4.68 Å². The summed E-state index contributed by atoms with van der Waals surface area (Å²) in [4.78, 5) is 0. The quantitative estimate of drug-likeness (QED) is 0.752. The van der Waals surface area contributed by atoms with E-state index in [2.05, 4.69) is 10.3 Å². The first-order valence-electron chi connectivity index (χ1n) is 7.08. The second-order valence-electron chi connectivity index (χ2n) is 4.56. The molecule has 1 N–H and O–H groups in total. The fourth-order valence-electron chi connectivity index (χ4n) is 1.96. The number of aliphatic hydroxyl groups excluding tert-OH is 1. The zero-order valence-electron chi connectivity index (χ0n) is 12.4. The van der Waals surface area contributed by atoms with E-state index in [1.807, 2.05) is 44.3 Å². The summed E-state index contributed by atoms with van der Waals surface area (Å²) in [6, 6.07) is 7.73. The average molecular weight is 291 g/mol. The summed E-state index contributed by atoms with van der Waals surface area (Å²) >= 11 is 0. The van der Waals surface area contributed by atoms with Gasteiger partial charge in [-0.1, -0.05) is 29.5 Å². The lowest BCUT2D eigenvalue weighted by atomic mass is 10.1. The third-order valence-corrected chi connectivity index (χ3v) is 2.98. The topological polar surface area (TPSA) is 69.4 Å². The molecule has 0 atom stereocenters. The molecule has 0 bridgehead atoms. The van der Waals surface area contributed by atoms with Crippen LogP contribution in [0.2, 0.25) is 0 Å². The van der Waals surface area contributed by atoms with E-state index in [1.54, 1.807) is 4.68 Å². The number of nitrogens with zero attached hydrogens (tertiary/aromatic N) is 3. The van der Waals surface area contributed by atoms with Crippen LogP contribution >= 0.6 is 0 Å². The Kier molecular flexibility index (Phi) is 5.86. The van der Waals surface area contributed by atoms with Crippen LogP contribution in [0.25, 0.3) is 0 Å². The van der Waals surface area contributed by atoms with Crippen molar-refractivity contribution in [3.63, 3.8) is 0 Å². The van der Waals surface area contributed by atoms with Crippen molar-refractivity contribution in [2.24, 2.45) is 0 Å². The Morgan fingerprint density at radius 2 is 1.71 bits per heavy atom. The first kappa shape index (κ1) is 15.6. The molecule has 2 aromatic rings. The Bertz CT molecular complexity index is 533. The molecule has 0 amide bonds. The average Bonchev–Trinajstić information content (AvgIpc) is 2.96. The molecule has 21 heavy (non-hydrogen) atoms. The Labute approximate surface area is 124 Å². The van der Waals surface area contributed by atoms with E-state index in [0.29, 0.717) is 25.5 Å². The van der Waals surface area contributed by atoms with Gasteiger partial charge < -0.3 is 14.6 Å². The van der Waals surface area contributed by atoms with E-state index in [4.69, 9.17) is 14.6 Å². The van der Waals surface area contributed by atoms with E-state index >= 15 is 0 Å². The predicted octanol–water partition coefficient (Wildman–Crippen LogP) is 1.89. The smallest absolute Gasteiger partial charge is 0.204 e. The maximum absolute atomic E-state index is 9.03. The van der Waals surface area contributed by atoms with Gasteiger partial charge in [-0.05, 0) is 25.0 Å². The number of aliphatic hydroxyl groups is 1. The van der Waals surface area contributed by atoms with Crippen LogP contribution in [0.15, 0.2) is 30.5 Å². The van der Waals surface area contributed by atoms with Gasteiger partial charge in [-0.3, -0.25) is 0 Å². The summed E-state index contributed by atoms with van der Waals surface area (Å²) in [5.41, 5.74) is 2.66. The van der Waals surface area contributed by atoms with Crippen molar-refractivity contribution >= 4 is 0 Å². The molecule has 2 rings (SSSR count). The second-order valence-corrected chi connectivity index (χ2v) is 4.56. The second kappa shape index (κ2) is 7.87. The minimum Gasteiger partial charge on any atom is -0.392 e. The maximum atomic E-state index is 9.03. The van der Waals surface area contributed by atoms with E-state index in [1.165, 1.54) is 0 Å². The van der Waals surface area contributed by atoms with Gasteiger partial charge in [-0.2, -0.15) is 0 Å². The van der Waals surface area contributed by atoms with E-state index in [0.717, 1.165) is 11.1 Å². The zero-order chi connectivity index (χ0) is 15.1. The van der Waals surface area contributed by atoms with Crippen LogP contribution in [0.4, 0.5) is 0 Å². The lowest BCUT2D eigenvalue weighted by Crippen LogP contribution is -2.09. The molecule has 1 aromatic carbocycles. The molecule has 0 aliphatic rings. The maximum Gasteiger partial charge on any atom is 0.204 e. The van der Waals surface area contributed by atoms with Gasteiger partial charge in [0.1, 0.15) is 5.69 Å². The van der Waals surface area contributed by atoms with E-state index in [-0.39, 0.29) is 6.61 Å². The lowest BCUT2D eigenvalue weighted by molar-refractivity contribution is -0.142. The predicted molar refractivity (Wildman–Crippen MR) is 77.5 cm³/mol. The third-order valence-electron chi connectivity index (χ3n) is 2.98. The van der Waals surface area contributed by atoms with Crippen molar-refractivity contribution in [2.45, 2.75) is 33.3 Å². The Balaban J connectivity index is 2.04. The monoisotopic (exact) mass is 291 g/mol. The summed E-state index contributed by atoms with van der Waals surface area (Å²) in [6.45, 7) is 5.61. The first-order valence-corrected chi connectivity index (χ1v) is 7.08. The summed E-state index contributed by atoms with van der Waals surface area (Å²) in [6.07, 6.45) is 1.36. The van der Waals surface area contributed by atoms with Crippen molar-refractivity contribution in [1.29, 1.82) is 0 Å². The molecule has 0 unspecified atom stereocenters. The molecule has 6 heteroatoms. The fourth-order valence-corrected chi connectivity index (χ4v) is 1.96. The molecule has 1 heterocycles. The van der Waals surface area contributed by atoms with Crippen LogP contribution in [0.1, 0.15) is 37.0 Å². The molecule has 0 spiro atoms. The molecule has 0 fully saturated rings. The van der Waals surface area contributed by atoms with Crippen molar-refractivity contribution < 1.29 is 14.6 Å². The highest BCUT2D eigenvalue weighted by atomic mass is 16.7. The SMILES string of the molecule is CCOC(OCC)c1cn(Cc2ccc(CO)cc2)nn1. The zero-order valence-corrected chi connectivity index (χ0v) is 12.4. The molecule has 1 aromatic heterocycles. The Hall–Kier alpha value is -1.76. The number of hydrogen-bond donors (Lipinski definition) is 1. The summed E-state index contributed by atoms with van der Waals surface area (Å²) in [5.74, 6) is 0. The minimum atomic E-state index is -0.467. The first-order chi connectivity index (χ1) is 10.3. The molecule has 0 saturated carbocycles. The van der Waals surface area contributed by atoms with Crippen LogP contribution < -0.4 is 0 Å². The van der Waals surface area contributed by atoms with Gasteiger partial charge in [0, 0.05) is 13.2 Å². The molecule has 0 radical (unpaired) electrons. The van der Waals surface area contributed by atoms with Gasteiger partial charge in [-0.15, -0.1) is 5.10 Å². The molecule has 6 nitrogen and oxygen atoms in total.